The highest BCUT2D eigenvalue weighted by Crippen LogP contribution is 2.34. The maximum absolute atomic E-state index is 13.7. The topological polar surface area (TPSA) is 89.1 Å². The summed E-state index contributed by atoms with van der Waals surface area (Å²) in [6.07, 6.45) is 2.47. The molecule has 0 radical (unpaired) electrons. The number of hydrogen-bond donors (Lipinski definition) is 0. The molecule has 0 atom stereocenters. The van der Waals surface area contributed by atoms with Gasteiger partial charge in [0.1, 0.15) is 18.3 Å². The van der Waals surface area contributed by atoms with Crippen LogP contribution in [0.5, 0.6) is 5.75 Å². The molecule has 11 nitrogen and oxygen atoms in total. The third kappa shape index (κ3) is 8.57. The van der Waals surface area contributed by atoms with Gasteiger partial charge in [-0.1, -0.05) is 24.3 Å². The van der Waals surface area contributed by atoms with Crippen molar-refractivity contribution < 1.29 is 22.6 Å². The Bertz CT molecular complexity index is 1860. The first-order valence-corrected chi connectivity index (χ1v) is 19.2. The lowest BCUT2D eigenvalue weighted by Crippen LogP contribution is -2.45. The van der Waals surface area contributed by atoms with Crippen LogP contribution in [-0.2, 0) is 31.0 Å². The molecule has 49 heavy (non-hydrogen) atoms. The molecule has 1 aliphatic heterocycles. The molecule has 264 valence electrons. The van der Waals surface area contributed by atoms with Crippen molar-refractivity contribution in [2.45, 2.75) is 32.4 Å². The van der Waals surface area contributed by atoms with Gasteiger partial charge < -0.3 is 28.7 Å². The average Bonchev–Trinajstić information content (AvgIpc) is 3.62. The first kappa shape index (κ1) is 34.8. The largest absolute Gasteiger partial charge is 0.497 e. The average molecular weight is 700 g/mol. The second-order valence-electron chi connectivity index (χ2n) is 13.3. The Morgan fingerprint density at radius 1 is 0.918 bits per heavy atom. The van der Waals surface area contributed by atoms with Gasteiger partial charge in [-0.3, -0.25) is 0 Å². The highest BCUT2D eigenvalue weighted by atomic mass is 32.3. The highest BCUT2D eigenvalue weighted by Gasteiger charge is 2.32. The maximum Gasteiger partial charge on any atom is 0.393 e. The third-order valence-electron chi connectivity index (χ3n) is 8.53. The molecule has 0 unspecified atom stereocenters. The lowest BCUT2D eigenvalue weighted by molar-refractivity contribution is -0.127. The molecule has 3 aromatic heterocycles. The number of ether oxygens (including phenoxy) is 2. The van der Waals surface area contributed by atoms with Crippen molar-refractivity contribution in [2.75, 3.05) is 81.3 Å². The van der Waals surface area contributed by atoms with Crippen molar-refractivity contribution in [2.24, 2.45) is 0 Å². The van der Waals surface area contributed by atoms with Gasteiger partial charge in [-0.2, -0.15) is 32.8 Å². The van der Waals surface area contributed by atoms with Gasteiger partial charge in [-0.25, -0.2) is 15.0 Å². The minimum atomic E-state index is -4.43. The summed E-state index contributed by atoms with van der Waals surface area (Å²) in [6.45, 7) is 4.44. The number of rotatable bonds is 13. The number of para-hydroxylation sites is 2. The summed E-state index contributed by atoms with van der Waals surface area (Å²) in [5.41, 5.74) is 2.84. The van der Waals surface area contributed by atoms with E-state index in [-0.39, 0.29) is 17.8 Å². The van der Waals surface area contributed by atoms with Crippen LogP contribution in [0.25, 0.3) is 16.7 Å². The van der Waals surface area contributed by atoms with Crippen LogP contribution in [0.4, 0.5) is 25.1 Å². The van der Waals surface area contributed by atoms with E-state index in [1.807, 2.05) is 65.4 Å². The summed E-state index contributed by atoms with van der Waals surface area (Å²) in [7, 11) is 2.93. The maximum atomic E-state index is 13.7. The monoisotopic (exact) mass is 699 g/mol. The number of anilines is 2. The van der Waals surface area contributed by atoms with Crippen LogP contribution in [0.1, 0.15) is 17.0 Å². The zero-order chi connectivity index (χ0) is 34.8. The van der Waals surface area contributed by atoms with Gasteiger partial charge in [-0.05, 0) is 55.6 Å². The van der Waals surface area contributed by atoms with Gasteiger partial charge in [-0.15, -0.1) is 0 Å². The van der Waals surface area contributed by atoms with E-state index in [2.05, 4.69) is 38.3 Å². The number of halogens is 3. The molecule has 0 saturated carbocycles. The summed E-state index contributed by atoms with van der Waals surface area (Å²) < 4.78 is 56.3. The normalized spacial score (nSPS) is 15.0. The zero-order valence-corrected chi connectivity index (χ0v) is 29.5. The predicted octanol–water partition coefficient (Wildman–Crippen LogP) is 5.21. The van der Waals surface area contributed by atoms with E-state index in [0.29, 0.717) is 44.9 Å². The molecule has 1 aliphatic rings. The van der Waals surface area contributed by atoms with Crippen molar-refractivity contribution in [3.05, 3.63) is 71.7 Å². The summed E-state index contributed by atoms with van der Waals surface area (Å²) in [5, 5.41) is 4.44. The molecule has 1 fully saturated rings. The number of imidazole rings is 1. The molecular formula is C34H44F3N9O2S. The van der Waals surface area contributed by atoms with Crippen LogP contribution in [-0.4, -0.2) is 112 Å². The molecule has 0 bridgehead atoms. The van der Waals surface area contributed by atoms with Crippen LogP contribution < -0.4 is 14.5 Å². The number of likely N-dealkylation sites (N-methyl/N-ethyl adjacent to an activating group) is 1. The van der Waals surface area contributed by atoms with Crippen LogP contribution in [0.15, 0.2) is 54.7 Å². The second kappa shape index (κ2) is 14.4. The molecule has 0 spiro atoms. The van der Waals surface area contributed by atoms with Crippen molar-refractivity contribution in [3.63, 3.8) is 0 Å². The van der Waals surface area contributed by atoms with E-state index in [0.717, 1.165) is 47.0 Å². The second-order valence-corrected chi connectivity index (χ2v) is 17.9. The van der Waals surface area contributed by atoms with E-state index < -0.39 is 22.6 Å². The first-order chi connectivity index (χ1) is 23.4. The molecule has 1 saturated heterocycles. The lowest BCUT2D eigenvalue weighted by atomic mass is 10.2. The highest BCUT2D eigenvalue weighted by molar-refractivity contribution is 8.32. The van der Waals surface area contributed by atoms with Crippen LogP contribution in [0.2, 0.25) is 0 Å². The molecular weight excluding hydrogens is 655 g/mol. The van der Waals surface area contributed by atoms with Crippen molar-refractivity contribution in [1.29, 1.82) is 0 Å². The molecule has 2 aromatic carbocycles. The smallest absolute Gasteiger partial charge is 0.393 e. The SMILES string of the molecule is COc1ccc(CN(Cc2nc3ccccc3n2COCCS(C)(C)C)c2nc(N3CCN(C)CC3)nc3c(CC(F)(F)F)cnn23)cc1. The third-order valence-corrected chi connectivity index (χ3v) is 9.92. The fourth-order valence-electron chi connectivity index (χ4n) is 5.77. The molecule has 5 aromatic rings. The Morgan fingerprint density at radius 2 is 1.65 bits per heavy atom. The molecule has 6 rings (SSSR count). The van der Waals surface area contributed by atoms with Gasteiger partial charge in [0.05, 0.1) is 43.9 Å². The predicted molar refractivity (Wildman–Crippen MR) is 189 cm³/mol. The van der Waals surface area contributed by atoms with Crippen molar-refractivity contribution in [3.8, 4) is 5.75 Å². The number of benzene rings is 2. The Balaban J connectivity index is 1.45. The van der Waals surface area contributed by atoms with Gasteiger partial charge in [0.15, 0.2) is 5.65 Å². The van der Waals surface area contributed by atoms with Gasteiger partial charge in [0, 0.05) is 44.0 Å². The fourth-order valence-corrected chi connectivity index (χ4v) is 6.38. The Labute approximate surface area is 286 Å². The number of methoxy groups -OCH3 is 1. The standard InChI is InChI=1S/C34H44F3N9O2S/c1-42-14-16-43(17-15-42)32-40-31-26(20-34(35,36)37)21-38-46(31)33(41-32)44(22-25-10-12-27(47-2)13-11-25)23-30-39-28-8-6-7-9-29(28)45(30)24-48-18-19-49(3,4)5/h6-13,21H,14-20,22-24H2,1-5H3. The summed E-state index contributed by atoms with van der Waals surface area (Å²) in [4.78, 5) is 21.0. The minimum absolute atomic E-state index is 0.00228. The van der Waals surface area contributed by atoms with E-state index >= 15 is 0 Å². The van der Waals surface area contributed by atoms with Crippen LogP contribution in [0.3, 0.4) is 0 Å². The number of piperazine rings is 1. The molecule has 0 N–H and O–H groups in total. The number of alkyl halides is 3. The number of fused-ring (bicyclic) bond motifs is 2. The fraction of sp³-hybridized carbons (Fsp3) is 0.471. The van der Waals surface area contributed by atoms with Crippen molar-refractivity contribution in [1.82, 2.24) is 34.0 Å². The van der Waals surface area contributed by atoms with Crippen molar-refractivity contribution >= 4 is 38.6 Å². The van der Waals surface area contributed by atoms with Gasteiger partial charge in [0.25, 0.3) is 0 Å². The Kier molecular flexibility index (Phi) is 10.2. The molecule has 0 amide bonds. The van der Waals surface area contributed by atoms with E-state index in [4.69, 9.17) is 19.4 Å². The summed E-state index contributed by atoms with van der Waals surface area (Å²) in [5.74, 6) is 3.18. The van der Waals surface area contributed by atoms with E-state index in [1.165, 1.54) is 10.7 Å². The minimum Gasteiger partial charge on any atom is -0.497 e. The zero-order valence-electron chi connectivity index (χ0n) is 28.7. The first-order valence-electron chi connectivity index (χ1n) is 16.2. The van der Waals surface area contributed by atoms with Crippen LogP contribution in [0, 0.1) is 0 Å². The van der Waals surface area contributed by atoms with Gasteiger partial charge >= 0.3 is 6.18 Å². The number of aromatic nitrogens is 6. The molecule has 15 heteroatoms. The Morgan fingerprint density at radius 3 is 2.35 bits per heavy atom. The number of hydrogen-bond acceptors (Lipinski definition) is 9. The molecule has 4 heterocycles. The van der Waals surface area contributed by atoms with Crippen LogP contribution >= 0.6 is 10.0 Å². The quantitative estimate of drug-likeness (QED) is 0.154. The van der Waals surface area contributed by atoms with E-state index in [9.17, 15) is 13.2 Å². The van der Waals surface area contributed by atoms with Gasteiger partial charge in [0.2, 0.25) is 11.9 Å². The lowest BCUT2D eigenvalue weighted by Gasteiger charge is -2.33. The molecule has 0 aliphatic carbocycles. The Hall–Kier alpha value is -4.08. The van der Waals surface area contributed by atoms with E-state index in [1.54, 1.807) is 7.11 Å². The summed E-state index contributed by atoms with van der Waals surface area (Å²) >= 11 is 0. The summed E-state index contributed by atoms with van der Waals surface area (Å²) in [6, 6.07) is 15.6. The number of nitrogens with zero attached hydrogens (tertiary/aromatic N) is 9.